The summed E-state index contributed by atoms with van der Waals surface area (Å²) in [6, 6.07) is 14.6. The van der Waals surface area contributed by atoms with E-state index in [-0.39, 0.29) is 24.6 Å². The van der Waals surface area contributed by atoms with Crippen LogP contribution in [0.1, 0.15) is 22.3 Å². The van der Waals surface area contributed by atoms with E-state index in [1.807, 2.05) is 56.3 Å². The molecule has 0 unspecified atom stereocenters. The van der Waals surface area contributed by atoms with Crippen molar-refractivity contribution in [2.75, 3.05) is 30.9 Å². The lowest BCUT2D eigenvalue weighted by Gasteiger charge is -2.26. The standard InChI is InChI=1S/C26H28N4O5/c1-16-11-20-19(13-22(31)35-21(20)12-17(16)2)15-29(9-10-34-3)23-24(27)30(26(33)28-25(23)32)14-18-7-5-4-6-8-18/h4-8,11-13H,9-10,14-15,27H2,1-3H3,(H,28,32,33). The van der Waals surface area contributed by atoms with Gasteiger partial charge in [-0.15, -0.1) is 0 Å². The van der Waals surface area contributed by atoms with Crippen LogP contribution in [0.25, 0.3) is 11.0 Å². The van der Waals surface area contributed by atoms with Crippen molar-refractivity contribution in [1.29, 1.82) is 0 Å². The van der Waals surface area contributed by atoms with Crippen molar-refractivity contribution in [3.63, 3.8) is 0 Å². The SMILES string of the molecule is COCCN(Cc1cc(=O)oc2cc(C)c(C)cc12)c1c(N)n(Cc2ccccc2)c(=O)[nH]c1=O. The van der Waals surface area contributed by atoms with Crippen LogP contribution >= 0.6 is 0 Å². The Kier molecular flexibility index (Phi) is 6.88. The number of aryl methyl sites for hydroxylation is 2. The van der Waals surface area contributed by atoms with Gasteiger partial charge in [-0.1, -0.05) is 30.3 Å². The van der Waals surface area contributed by atoms with Crippen LogP contribution in [0.4, 0.5) is 11.5 Å². The molecular weight excluding hydrogens is 448 g/mol. The van der Waals surface area contributed by atoms with Crippen molar-refractivity contribution in [2.24, 2.45) is 0 Å². The minimum absolute atomic E-state index is 0.0398. The summed E-state index contributed by atoms with van der Waals surface area (Å²) in [5.41, 5.74) is 8.94. The van der Waals surface area contributed by atoms with Gasteiger partial charge >= 0.3 is 11.3 Å². The van der Waals surface area contributed by atoms with Crippen LogP contribution in [0.2, 0.25) is 0 Å². The van der Waals surface area contributed by atoms with Crippen LogP contribution in [0.15, 0.2) is 67.3 Å². The third kappa shape index (κ3) is 5.04. The average molecular weight is 477 g/mol. The number of fused-ring (bicyclic) bond motifs is 1. The molecule has 35 heavy (non-hydrogen) atoms. The highest BCUT2D eigenvalue weighted by Gasteiger charge is 2.21. The van der Waals surface area contributed by atoms with Gasteiger partial charge in [0.15, 0.2) is 0 Å². The minimum atomic E-state index is -0.604. The quantitative estimate of drug-likeness (QED) is 0.375. The number of aromatic nitrogens is 2. The predicted octanol–water partition coefficient (Wildman–Crippen LogP) is 2.54. The van der Waals surface area contributed by atoms with Gasteiger partial charge in [0.25, 0.3) is 5.56 Å². The number of hydrogen-bond acceptors (Lipinski definition) is 7. The van der Waals surface area contributed by atoms with E-state index >= 15 is 0 Å². The highest BCUT2D eigenvalue weighted by atomic mass is 16.5. The number of ether oxygens (including phenoxy) is 1. The lowest BCUT2D eigenvalue weighted by atomic mass is 10.0. The fourth-order valence-electron chi connectivity index (χ4n) is 4.10. The number of nitrogens with one attached hydrogen (secondary N) is 1. The van der Waals surface area contributed by atoms with E-state index in [1.54, 1.807) is 12.0 Å². The van der Waals surface area contributed by atoms with Crippen LogP contribution in [-0.4, -0.2) is 29.8 Å². The zero-order valence-corrected chi connectivity index (χ0v) is 20.0. The van der Waals surface area contributed by atoms with E-state index in [0.29, 0.717) is 24.3 Å². The van der Waals surface area contributed by atoms with Crippen LogP contribution in [0.3, 0.4) is 0 Å². The average Bonchev–Trinajstić information content (AvgIpc) is 2.81. The number of hydrogen-bond donors (Lipinski definition) is 2. The number of rotatable bonds is 8. The second kappa shape index (κ2) is 10.0. The number of nitrogens with zero attached hydrogens (tertiary/aromatic N) is 2. The summed E-state index contributed by atoms with van der Waals surface area (Å²) in [4.78, 5) is 42.0. The molecule has 2 heterocycles. The summed E-state index contributed by atoms with van der Waals surface area (Å²) < 4.78 is 12.0. The molecule has 2 aromatic heterocycles. The zero-order valence-electron chi connectivity index (χ0n) is 20.0. The van der Waals surface area contributed by atoms with E-state index in [1.165, 1.54) is 10.6 Å². The smallest absolute Gasteiger partial charge is 0.336 e. The van der Waals surface area contributed by atoms with E-state index in [0.717, 1.165) is 22.1 Å². The Balaban J connectivity index is 1.84. The molecule has 9 heteroatoms. The summed E-state index contributed by atoms with van der Waals surface area (Å²) in [6.07, 6.45) is 0. The molecule has 9 nitrogen and oxygen atoms in total. The van der Waals surface area contributed by atoms with Gasteiger partial charge in [-0.2, -0.15) is 0 Å². The monoisotopic (exact) mass is 476 g/mol. The molecular formula is C26H28N4O5. The van der Waals surface area contributed by atoms with Crippen LogP contribution in [-0.2, 0) is 17.8 Å². The van der Waals surface area contributed by atoms with E-state index in [9.17, 15) is 14.4 Å². The second-order valence-corrected chi connectivity index (χ2v) is 8.50. The van der Waals surface area contributed by atoms with Crippen molar-refractivity contribution < 1.29 is 9.15 Å². The molecule has 0 aliphatic carbocycles. The molecule has 0 saturated heterocycles. The van der Waals surface area contributed by atoms with Gasteiger partial charge in [-0.3, -0.25) is 14.3 Å². The van der Waals surface area contributed by atoms with Gasteiger partial charge in [0.2, 0.25) is 0 Å². The van der Waals surface area contributed by atoms with Crippen LogP contribution in [0.5, 0.6) is 0 Å². The first-order valence-electron chi connectivity index (χ1n) is 11.2. The van der Waals surface area contributed by atoms with Crippen molar-refractivity contribution in [1.82, 2.24) is 9.55 Å². The van der Waals surface area contributed by atoms with Crippen molar-refractivity contribution in [3.05, 3.63) is 102 Å². The highest BCUT2D eigenvalue weighted by Crippen LogP contribution is 2.25. The van der Waals surface area contributed by atoms with Crippen molar-refractivity contribution in [2.45, 2.75) is 26.9 Å². The van der Waals surface area contributed by atoms with Gasteiger partial charge < -0.3 is 19.8 Å². The first-order chi connectivity index (χ1) is 16.8. The number of nitrogen functional groups attached to an aromatic ring is 1. The molecule has 0 aliphatic rings. The lowest BCUT2D eigenvalue weighted by Crippen LogP contribution is -2.39. The first-order valence-corrected chi connectivity index (χ1v) is 11.2. The molecule has 2 aromatic carbocycles. The number of anilines is 2. The summed E-state index contributed by atoms with van der Waals surface area (Å²) in [5, 5.41) is 0.766. The number of aromatic amines is 1. The first kappa shape index (κ1) is 24.0. The molecule has 0 aliphatic heterocycles. The Labute approximate surface area is 201 Å². The Morgan fingerprint density at radius 2 is 1.77 bits per heavy atom. The molecule has 0 bridgehead atoms. The Hall–Kier alpha value is -4.11. The number of benzene rings is 2. The highest BCUT2D eigenvalue weighted by molar-refractivity contribution is 5.82. The Bertz CT molecular complexity index is 1540. The minimum Gasteiger partial charge on any atom is -0.423 e. The summed E-state index contributed by atoms with van der Waals surface area (Å²) in [7, 11) is 1.56. The second-order valence-electron chi connectivity index (χ2n) is 8.50. The fraction of sp³-hybridized carbons (Fsp3) is 0.269. The Morgan fingerprint density at radius 3 is 2.49 bits per heavy atom. The normalized spacial score (nSPS) is 11.2. The van der Waals surface area contributed by atoms with Gasteiger partial charge in [0, 0.05) is 31.7 Å². The maximum Gasteiger partial charge on any atom is 0.336 e. The third-order valence-corrected chi connectivity index (χ3v) is 6.08. The predicted molar refractivity (Wildman–Crippen MR) is 136 cm³/mol. The molecule has 4 aromatic rings. The van der Waals surface area contributed by atoms with E-state index in [4.69, 9.17) is 14.9 Å². The van der Waals surface area contributed by atoms with E-state index < -0.39 is 16.9 Å². The van der Waals surface area contributed by atoms with Crippen LogP contribution < -0.4 is 27.5 Å². The van der Waals surface area contributed by atoms with Gasteiger partial charge in [0.05, 0.1) is 13.2 Å². The molecule has 0 saturated carbocycles. The molecule has 0 spiro atoms. The van der Waals surface area contributed by atoms with Gasteiger partial charge in [-0.05, 0) is 48.2 Å². The molecule has 0 radical (unpaired) electrons. The lowest BCUT2D eigenvalue weighted by molar-refractivity contribution is 0.205. The number of nitrogens with two attached hydrogens (primary N) is 1. The summed E-state index contributed by atoms with van der Waals surface area (Å²) >= 11 is 0. The van der Waals surface area contributed by atoms with Gasteiger partial charge in [0.1, 0.15) is 17.1 Å². The van der Waals surface area contributed by atoms with E-state index in [2.05, 4.69) is 4.98 Å². The topological polar surface area (TPSA) is 124 Å². The largest absolute Gasteiger partial charge is 0.423 e. The fourth-order valence-corrected chi connectivity index (χ4v) is 4.10. The maximum absolute atomic E-state index is 13.0. The maximum atomic E-state index is 13.0. The molecule has 0 fully saturated rings. The Morgan fingerprint density at radius 1 is 1.06 bits per heavy atom. The van der Waals surface area contributed by atoms with Crippen LogP contribution in [0, 0.1) is 13.8 Å². The zero-order chi connectivity index (χ0) is 25.1. The summed E-state index contributed by atoms with van der Waals surface area (Å²) in [6.45, 7) is 4.92. The molecule has 0 atom stereocenters. The summed E-state index contributed by atoms with van der Waals surface area (Å²) in [5.74, 6) is 0.0398. The van der Waals surface area contributed by atoms with Gasteiger partial charge in [-0.25, -0.2) is 9.59 Å². The molecule has 182 valence electrons. The third-order valence-electron chi connectivity index (χ3n) is 6.08. The molecule has 4 rings (SSSR count). The van der Waals surface area contributed by atoms with Crippen molar-refractivity contribution >= 4 is 22.5 Å². The molecule has 0 amide bonds. The number of methoxy groups -OCH3 is 1. The van der Waals surface area contributed by atoms with Crippen molar-refractivity contribution in [3.8, 4) is 0 Å². The molecule has 3 N–H and O–H groups in total. The number of H-pyrrole nitrogens is 1.